The summed E-state index contributed by atoms with van der Waals surface area (Å²) in [5.41, 5.74) is 0.730. The van der Waals surface area contributed by atoms with Crippen LogP contribution in [0, 0.1) is 0 Å². The SMILES string of the molecule is COc1ccc(N2C[C@@H](NS(=O)(=O)c3cccs3)CC2=O)cc1. The molecule has 0 unspecified atom stereocenters. The van der Waals surface area contributed by atoms with Crippen LogP contribution >= 0.6 is 11.3 Å². The fourth-order valence-corrected chi connectivity index (χ4v) is 4.73. The van der Waals surface area contributed by atoms with Crippen molar-refractivity contribution in [1.29, 1.82) is 0 Å². The van der Waals surface area contributed by atoms with Gasteiger partial charge in [0, 0.05) is 24.7 Å². The van der Waals surface area contributed by atoms with Crippen LogP contribution in [0.15, 0.2) is 46.0 Å². The minimum atomic E-state index is -3.57. The van der Waals surface area contributed by atoms with Gasteiger partial charge in [0.05, 0.1) is 7.11 Å². The number of nitrogens with zero attached hydrogens (tertiary/aromatic N) is 1. The van der Waals surface area contributed by atoms with Gasteiger partial charge in [0.2, 0.25) is 15.9 Å². The normalized spacial score (nSPS) is 18.4. The molecule has 1 N–H and O–H groups in total. The van der Waals surface area contributed by atoms with Crippen molar-refractivity contribution in [3.63, 3.8) is 0 Å². The molecule has 0 radical (unpaired) electrons. The number of anilines is 1. The second-order valence-electron chi connectivity index (χ2n) is 5.16. The summed E-state index contributed by atoms with van der Waals surface area (Å²) in [5.74, 6) is 0.601. The van der Waals surface area contributed by atoms with Crippen LogP contribution in [-0.4, -0.2) is 34.0 Å². The van der Waals surface area contributed by atoms with Gasteiger partial charge < -0.3 is 9.64 Å². The Hall–Kier alpha value is -1.90. The van der Waals surface area contributed by atoms with E-state index in [0.717, 1.165) is 17.0 Å². The number of thiophene rings is 1. The molecule has 122 valence electrons. The van der Waals surface area contributed by atoms with E-state index in [4.69, 9.17) is 4.74 Å². The van der Waals surface area contributed by atoms with Gasteiger partial charge in [-0.15, -0.1) is 11.3 Å². The zero-order valence-corrected chi connectivity index (χ0v) is 14.1. The van der Waals surface area contributed by atoms with Gasteiger partial charge >= 0.3 is 0 Å². The van der Waals surface area contributed by atoms with E-state index in [0.29, 0.717) is 12.3 Å². The van der Waals surface area contributed by atoms with Gasteiger partial charge in [0.1, 0.15) is 9.96 Å². The molecule has 1 atom stereocenters. The van der Waals surface area contributed by atoms with Crippen LogP contribution in [0.5, 0.6) is 5.75 Å². The van der Waals surface area contributed by atoms with E-state index < -0.39 is 16.1 Å². The highest BCUT2D eigenvalue weighted by atomic mass is 32.2. The summed E-state index contributed by atoms with van der Waals surface area (Å²) < 4.78 is 32.4. The largest absolute Gasteiger partial charge is 0.497 e. The van der Waals surface area contributed by atoms with Crippen molar-refractivity contribution in [3.8, 4) is 5.75 Å². The molecule has 6 nitrogen and oxygen atoms in total. The smallest absolute Gasteiger partial charge is 0.250 e. The van der Waals surface area contributed by atoms with Crippen molar-refractivity contribution in [2.75, 3.05) is 18.6 Å². The molecule has 0 aliphatic carbocycles. The lowest BCUT2D eigenvalue weighted by Gasteiger charge is -2.17. The summed E-state index contributed by atoms with van der Waals surface area (Å²) in [4.78, 5) is 13.8. The molecule has 0 bridgehead atoms. The topological polar surface area (TPSA) is 75.7 Å². The van der Waals surface area contributed by atoms with Crippen molar-refractivity contribution in [1.82, 2.24) is 4.72 Å². The Kier molecular flexibility index (Phi) is 4.38. The number of nitrogens with one attached hydrogen (secondary N) is 1. The third-order valence-corrected chi connectivity index (χ3v) is 6.51. The van der Waals surface area contributed by atoms with E-state index in [1.807, 2.05) is 0 Å². The fourth-order valence-electron chi connectivity index (χ4n) is 2.49. The molecule has 1 amide bonds. The Bertz CT molecular complexity index is 785. The number of amides is 1. The van der Waals surface area contributed by atoms with E-state index in [1.165, 1.54) is 0 Å². The van der Waals surface area contributed by atoms with Gasteiger partial charge in [-0.1, -0.05) is 6.07 Å². The van der Waals surface area contributed by atoms with Gasteiger partial charge in [0.25, 0.3) is 0 Å². The molecule has 8 heteroatoms. The molecule has 23 heavy (non-hydrogen) atoms. The summed E-state index contributed by atoms with van der Waals surface area (Å²) >= 11 is 1.15. The highest BCUT2D eigenvalue weighted by molar-refractivity contribution is 7.91. The quantitative estimate of drug-likeness (QED) is 0.891. The maximum atomic E-state index is 12.2. The summed E-state index contributed by atoms with van der Waals surface area (Å²) in [6.07, 6.45) is 0.149. The lowest BCUT2D eigenvalue weighted by Crippen LogP contribution is -2.36. The van der Waals surface area contributed by atoms with Gasteiger partial charge in [-0.2, -0.15) is 0 Å². The molecule has 0 saturated carbocycles. The predicted molar refractivity (Wildman–Crippen MR) is 88.4 cm³/mol. The van der Waals surface area contributed by atoms with Gasteiger partial charge in [-0.25, -0.2) is 13.1 Å². The Balaban J connectivity index is 1.72. The number of carbonyl (C=O) groups excluding carboxylic acids is 1. The molecular formula is C15H16N2O4S2. The van der Waals surface area contributed by atoms with Crippen LogP contribution in [0.1, 0.15) is 6.42 Å². The van der Waals surface area contributed by atoms with Crippen LogP contribution in [0.25, 0.3) is 0 Å². The number of ether oxygens (including phenoxy) is 1. The van der Waals surface area contributed by atoms with E-state index in [-0.39, 0.29) is 16.5 Å². The van der Waals surface area contributed by atoms with Gasteiger partial charge in [0.15, 0.2) is 0 Å². The second-order valence-corrected chi connectivity index (χ2v) is 8.05. The first-order valence-corrected chi connectivity index (χ1v) is 9.36. The monoisotopic (exact) mass is 352 g/mol. The molecule has 1 fully saturated rings. The van der Waals surface area contributed by atoms with Crippen molar-refractivity contribution >= 4 is 33.0 Å². The molecule has 2 heterocycles. The van der Waals surface area contributed by atoms with Crippen molar-refractivity contribution in [2.45, 2.75) is 16.7 Å². The molecule has 1 aliphatic rings. The Morgan fingerprint density at radius 1 is 1.26 bits per heavy atom. The molecule has 1 aromatic carbocycles. The highest BCUT2D eigenvalue weighted by Gasteiger charge is 2.33. The molecule has 3 rings (SSSR count). The predicted octanol–water partition coefficient (Wildman–Crippen LogP) is 1.84. The Morgan fingerprint density at radius 3 is 2.61 bits per heavy atom. The summed E-state index contributed by atoms with van der Waals surface area (Å²) in [7, 11) is -2.00. The minimum Gasteiger partial charge on any atom is -0.497 e. The molecular weight excluding hydrogens is 336 g/mol. The Morgan fingerprint density at radius 2 is 2.00 bits per heavy atom. The fraction of sp³-hybridized carbons (Fsp3) is 0.267. The van der Waals surface area contributed by atoms with Crippen molar-refractivity contribution in [2.24, 2.45) is 0 Å². The highest BCUT2D eigenvalue weighted by Crippen LogP contribution is 2.25. The average molecular weight is 352 g/mol. The minimum absolute atomic E-state index is 0.103. The zero-order chi connectivity index (χ0) is 16.4. The third kappa shape index (κ3) is 3.39. The number of hydrogen-bond acceptors (Lipinski definition) is 5. The van der Waals surface area contributed by atoms with Crippen LogP contribution in [0.4, 0.5) is 5.69 Å². The lowest BCUT2D eigenvalue weighted by molar-refractivity contribution is -0.117. The molecule has 2 aromatic rings. The van der Waals surface area contributed by atoms with Crippen molar-refractivity contribution < 1.29 is 17.9 Å². The van der Waals surface area contributed by atoms with E-state index in [9.17, 15) is 13.2 Å². The van der Waals surface area contributed by atoms with Crippen LogP contribution < -0.4 is 14.4 Å². The molecule has 0 spiro atoms. The standard InChI is InChI=1S/C15H16N2O4S2/c1-21-13-6-4-12(5-7-13)17-10-11(9-14(17)18)16-23(19,20)15-3-2-8-22-15/h2-8,11,16H,9-10H2,1H3/t11-/m0/s1. The van der Waals surface area contributed by atoms with Crippen LogP contribution in [0.3, 0.4) is 0 Å². The van der Waals surface area contributed by atoms with Crippen LogP contribution in [-0.2, 0) is 14.8 Å². The molecule has 1 aliphatic heterocycles. The number of benzene rings is 1. The number of carbonyl (C=O) groups is 1. The van der Waals surface area contributed by atoms with Gasteiger partial charge in [-0.3, -0.25) is 4.79 Å². The third-order valence-electron chi connectivity index (χ3n) is 3.59. The average Bonchev–Trinajstić information content (AvgIpc) is 3.17. The first-order chi connectivity index (χ1) is 11.0. The summed E-state index contributed by atoms with van der Waals surface area (Å²) in [6.45, 7) is 0.315. The zero-order valence-electron chi connectivity index (χ0n) is 12.4. The number of sulfonamides is 1. The lowest BCUT2D eigenvalue weighted by atomic mass is 10.3. The second kappa shape index (κ2) is 6.31. The first-order valence-electron chi connectivity index (χ1n) is 7.00. The first kappa shape index (κ1) is 16.0. The van der Waals surface area contributed by atoms with Gasteiger partial charge in [-0.05, 0) is 35.7 Å². The Labute approximate surface area is 138 Å². The maximum absolute atomic E-state index is 12.2. The maximum Gasteiger partial charge on any atom is 0.250 e. The van der Waals surface area contributed by atoms with Crippen molar-refractivity contribution in [3.05, 3.63) is 41.8 Å². The molecule has 1 saturated heterocycles. The van der Waals surface area contributed by atoms with E-state index in [1.54, 1.807) is 53.8 Å². The summed E-state index contributed by atoms with van der Waals surface area (Å²) in [6, 6.07) is 9.90. The van der Waals surface area contributed by atoms with Crippen LogP contribution in [0.2, 0.25) is 0 Å². The number of rotatable bonds is 5. The summed E-state index contributed by atoms with van der Waals surface area (Å²) in [5, 5.41) is 1.71. The number of hydrogen-bond donors (Lipinski definition) is 1. The van der Waals surface area contributed by atoms with E-state index >= 15 is 0 Å². The number of methoxy groups -OCH3 is 1. The molecule has 1 aromatic heterocycles. The van der Waals surface area contributed by atoms with E-state index in [2.05, 4.69) is 4.72 Å².